The zero-order valence-corrected chi connectivity index (χ0v) is 16.4. The van der Waals surface area contributed by atoms with Gasteiger partial charge in [-0.1, -0.05) is 11.6 Å². The van der Waals surface area contributed by atoms with Gasteiger partial charge in [-0.2, -0.15) is 10.1 Å². The van der Waals surface area contributed by atoms with Gasteiger partial charge in [0.25, 0.3) is 5.91 Å². The summed E-state index contributed by atoms with van der Waals surface area (Å²) in [6, 6.07) is 4.18. The second kappa shape index (κ2) is 7.49. The number of halogens is 2. The van der Waals surface area contributed by atoms with Crippen LogP contribution in [0.25, 0.3) is 5.65 Å². The van der Waals surface area contributed by atoms with Gasteiger partial charge in [0.1, 0.15) is 29.3 Å². The van der Waals surface area contributed by atoms with Crippen LogP contribution in [-0.2, 0) is 0 Å². The molecular weight excluding hydrogens is 403 g/mol. The highest BCUT2D eigenvalue weighted by atomic mass is 35.5. The second-order valence-electron chi connectivity index (χ2n) is 6.73. The molecule has 1 N–H and O–H groups in total. The number of aliphatic hydroxyl groups excluding tert-OH is 1. The molecule has 2 bridgehead atoms. The number of nitrogens with zero attached hydrogens (tertiary/aromatic N) is 4. The van der Waals surface area contributed by atoms with Crippen molar-refractivity contribution in [3.63, 3.8) is 0 Å². The number of rotatable bonds is 1. The van der Waals surface area contributed by atoms with Crippen LogP contribution in [0.4, 0.5) is 4.39 Å². The molecule has 0 saturated carbocycles. The normalized spacial score (nSPS) is 19.8. The molecule has 1 amide bonds. The molecule has 2 unspecified atom stereocenters. The average molecular weight is 421 g/mol. The van der Waals surface area contributed by atoms with E-state index in [-0.39, 0.29) is 46.8 Å². The summed E-state index contributed by atoms with van der Waals surface area (Å²) in [5.41, 5.74) is 0.884. The molecule has 0 aliphatic carbocycles. The van der Waals surface area contributed by atoms with E-state index in [1.165, 1.54) is 27.7 Å². The Hall–Kier alpha value is -2.91. The first-order valence-electron chi connectivity index (χ1n) is 8.91. The van der Waals surface area contributed by atoms with Gasteiger partial charge in [-0.15, -0.1) is 0 Å². The van der Waals surface area contributed by atoms with Crippen molar-refractivity contribution < 1.29 is 23.8 Å². The van der Waals surface area contributed by atoms with Crippen LogP contribution in [0, 0.1) is 5.82 Å². The van der Waals surface area contributed by atoms with Crippen molar-refractivity contribution in [2.24, 2.45) is 0 Å². The van der Waals surface area contributed by atoms with Crippen molar-refractivity contribution in [1.29, 1.82) is 0 Å². The summed E-state index contributed by atoms with van der Waals surface area (Å²) in [7, 11) is 1.58. The molecular formula is C19H18ClFN4O4. The summed E-state index contributed by atoms with van der Waals surface area (Å²) in [6.45, 7) is 1.40. The van der Waals surface area contributed by atoms with Crippen molar-refractivity contribution in [2.75, 3.05) is 20.2 Å². The lowest BCUT2D eigenvalue weighted by atomic mass is 10.1. The van der Waals surface area contributed by atoms with Gasteiger partial charge < -0.3 is 19.5 Å². The number of aliphatic hydroxyl groups is 1. The molecule has 152 valence electrons. The summed E-state index contributed by atoms with van der Waals surface area (Å²) >= 11 is 6.21. The van der Waals surface area contributed by atoms with Crippen molar-refractivity contribution in [1.82, 2.24) is 19.5 Å². The fourth-order valence-electron chi connectivity index (χ4n) is 3.24. The quantitative estimate of drug-likeness (QED) is 0.650. The van der Waals surface area contributed by atoms with E-state index in [2.05, 4.69) is 10.1 Å². The maximum atomic E-state index is 14.1. The van der Waals surface area contributed by atoms with Gasteiger partial charge >= 0.3 is 0 Å². The van der Waals surface area contributed by atoms with E-state index >= 15 is 0 Å². The van der Waals surface area contributed by atoms with Crippen molar-refractivity contribution >= 4 is 23.2 Å². The first kappa shape index (κ1) is 19.4. The number of likely N-dealkylation sites (N-methyl/N-ethyl adjacent to an activating group) is 1. The molecule has 0 spiro atoms. The molecule has 1 aliphatic rings. The SMILES string of the molecule is CC1Oc2ccn3ncc(c3n2)C(=O)N(C)CC(CO)Oc2ccc(F)c(Cl)c21. The zero-order chi connectivity index (χ0) is 20.7. The average Bonchev–Trinajstić information content (AvgIpc) is 3.12. The molecule has 3 aromatic rings. The first-order chi connectivity index (χ1) is 13.9. The summed E-state index contributed by atoms with van der Waals surface area (Å²) in [6.07, 6.45) is 1.55. The van der Waals surface area contributed by atoms with Gasteiger partial charge in [-0.25, -0.2) is 8.91 Å². The molecule has 29 heavy (non-hydrogen) atoms. The van der Waals surface area contributed by atoms with Crippen LogP contribution in [0.1, 0.15) is 28.9 Å². The van der Waals surface area contributed by atoms with Crippen LogP contribution < -0.4 is 9.47 Å². The molecule has 2 atom stereocenters. The number of benzene rings is 1. The number of carbonyl (C=O) groups excluding carboxylic acids is 1. The minimum Gasteiger partial charge on any atom is -0.486 e. The van der Waals surface area contributed by atoms with Crippen LogP contribution >= 0.6 is 11.6 Å². The lowest BCUT2D eigenvalue weighted by Crippen LogP contribution is -2.39. The van der Waals surface area contributed by atoms with Gasteiger partial charge in [0.05, 0.1) is 29.9 Å². The van der Waals surface area contributed by atoms with Gasteiger partial charge in [-0.05, 0) is 19.1 Å². The van der Waals surface area contributed by atoms with Crippen LogP contribution in [0.2, 0.25) is 5.02 Å². The minimum absolute atomic E-state index is 0.0794. The lowest BCUT2D eigenvalue weighted by molar-refractivity contribution is 0.0596. The minimum atomic E-state index is -0.765. The number of ether oxygens (including phenoxy) is 2. The van der Waals surface area contributed by atoms with Crippen LogP contribution in [0.3, 0.4) is 0 Å². The number of aromatic nitrogens is 3. The van der Waals surface area contributed by atoms with E-state index in [0.717, 1.165) is 0 Å². The van der Waals surface area contributed by atoms with E-state index in [1.54, 1.807) is 26.2 Å². The predicted molar refractivity (Wildman–Crippen MR) is 102 cm³/mol. The molecule has 2 aromatic heterocycles. The molecule has 1 aromatic carbocycles. The Bertz CT molecular complexity index is 1090. The van der Waals surface area contributed by atoms with Gasteiger partial charge in [0.15, 0.2) is 5.65 Å². The Morgan fingerprint density at radius 3 is 2.90 bits per heavy atom. The maximum Gasteiger partial charge on any atom is 0.259 e. The number of hydrogen-bond donors (Lipinski definition) is 1. The topological polar surface area (TPSA) is 89.2 Å². The van der Waals surface area contributed by atoms with Crippen LogP contribution in [0.5, 0.6) is 11.6 Å². The number of amides is 1. The molecule has 0 fully saturated rings. The van der Waals surface area contributed by atoms with E-state index in [0.29, 0.717) is 5.65 Å². The number of hydrogen-bond acceptors (Lipinski definition) is 6. The fraction of sp³-hybridized carbons (Fsp3) is 0.316. The van der Waals surface area contributed by atoms with E-state index in [9.17, 15) is 14.3 Å². The highest BCUT2D eigenvalue weighted by molar-refractivity contribution is 6.31. The fourth-order valence-corrected chi connectivity index (χ4v) is 3.55. The second-order valence-corrected chi connectivity index (χ2v) is 7.11. The van der Waals surface area contributed by atoms with Gasteiger partial charge in [0, 0.05) is 19.3 Å². The first-order valence-corrected chi connectivity index (χ1v) is 9.28. The largest absolute Gasteiger partial charge is 0.486 e. The molecule has 0 radical (unpaired) electrons. The third-order valence-corrected chi connectivity index (χ3v) is 5.08. The molecule has 4 rings (SSSR count). The van der Waals surface area contributed by atoms with E-state index in [4.69, 9.17) is 21.1 Å². The summed E-state index contributed by atoms with van der Waals surface area (Å²) in [4.78, 5) is 18.7. The molecule has 3 heterocycles. The molecule has 0 saturated heterocycles. The summed E-state index contributed by atoms with van der Waals surface area (Å²) in [5, 5.41) is 13.8. The standard InChI is InChI=1S/C19H18ClFN4O4/c1-10-16-14(4-3-13(21)17(16)20)29-11(9-26)8-24(2)19(27)12-7-22-25-6-5-15(28-10)23-18(12)25/h3-7,10-11,26H,8-9H2,1-2H3. The molecule has 1 aliphatic heterocycles. The Morgan fingerprint density at radius 1 is 1.34 bits per heavy atom. The monoisotopic (exact) mass is 420 g/mol. The third-order valence-electron chi connectivity index (χ3n) is 4.69. The Kier molecular flexibility index (Phi) is 5.01. The van der Waals surface area contributed by atoms with Crippen LogP contribution in [0.15, 0.2) is 30.6 Å². The Labute approximate surface area is 170 Å². The highest BCUT2D eigenvalue weighted by Gasteiger charge is 2.27. The maximum absolute atomic E-state index is 14.1. The van der Waals surface area contributed by atoms with Gasteiger partial charge in [0.2, 0.25) is 5.88 Å². The number of carbonyl (C=O) groups is 1. The van der Waals surface area contributed by atoms with Crippen molar-refractivity contribution in [3.05, 3.63) is 52.6 Å². The van der Waals surface area contributed by atoms with E-state index in [1.807, 2.05) is 0 Å². The summed E-state index contributed by atoms with van der Waals surface area (Å²) < 4.78 is 27.4. The van der Waals surface area contributed by atoms with Crippen LogP contribution in [-0.4, -0.2) is 56.8 Å². The highest BCUT2D eigenvalue weighted by Crippen LogP contribution is 2.37. The zero-order valence-electron chi connectivity index (χ0n) is 15.7. The molecule has 10 heteroatoms. The lowest BCUT2D eigenvalue weighted by Gasteiger charge is -2.26. The Balaban J connectivity index is 1.88. The summed E-state index contributed by atoms with van der Waals surface area (Å²) in [5.74, 6) is -0.488. The number of fused-ring (bicyclic) bond motifs is 2. The van der Waals surface area contributed by atoms with Crippen molar-refractivity contribution in [2.45, 2.75) is 19.1 Å². The third kappa shape index (κ3) is 3.47. The molecule has 8 nitrogen and oxygen atoms in total. The van der Waals surface area contributed by atoms with E-state index < -0.39 is 18.0 Å². The Morgan fingerprint density at radius 2 is 2.14 bits per heavy atom. The van der Waals surface area contributed by atoms with Crippen molar-refractivity contribution in [3.8, 4) is 11.6 Å². The van der Waals surface area contributed by atoms with Gasteiger partial charge in [-0.3, -0.25) is 4.79 Å². The smallest absolute Gasteiger partial charge is 0.259 e. The predicted octanol–water partition coefficient (Wildman–Crippen LogP) is 2.49.